The summed E-state index contributed by atoms with van der Waals surface area (Å²) < 4.78 is 8.03. The summed E-state index contributed by atoms with van der Waals surface area (Å²) in [4.78, 5) is 0. The Hall–Kier alpha value is -0.520. The molecule has 0 spiro atoms. The van der Waals surface area contributed by atoms with Crippen LogP contribution in [0.4, 0.5) is 0 Å². The van der Waals surface area contributed by atoms with Gasteiger partial charge in [-0.05, 0) is 31.6 Å². The van der Waals surface area contributed by atoms with Gasteiger partial charge in [0.1, 0.15) is 6.10 Å². The Kier molecular flexibility index (Phi) is 4.45. The van der Waals surface area contributed by atoms with Gasteiger partial charge in [-0.3, -0.25) is 4.68 Å². The van der Waals surface area contributed by atoms with Crippen LogP contribution in [0.3, 0.4) is 0 Å². The van der Waals surface area contributed by atoms with Crippen LogP contribution in [-0.4, -0.2) is 40.5 Å². The summed E-state index contributed by atoms with van der Waals surface area (Å²) in [6, 6.07) is 2.82. The van der Waals surface area contributed by atoms with Gasteiger partial charge in [-0.1, -0.05) is 0 Å². The molecule has 19 heavy (non-hydrogen) atoms. The van der Waals surface area contributed by atoms with Gasteiger partial charge < -0.3 is 10.1 Å². The van der Waals surface area contributed by atoms with Gasteiger partial charge in [-0.15, -0.1) is 0 Å². The van der Waals surface area contributed by atoms with Crippen molar-refractivity contribution in [2.45, 2.75) is 38.5 Å². The lowest BCUT2D eigenvalue weighted by atomic mass is 9.98. The maximum atomic E-state index is 5.96. The summed E-state index contributed by atoms with van der Waals surface area (Å²) >= 11 is 2.06. The fourth-order valence-corrected chi connectivity index (χ4v) is 4.22. The molecule has 0 radical (unpaired) electrons. The molecule has 0 aliphatic carbocycles. The zero-order valence-corrected chi connectivity index (χ0v) is 12.4. The number of rotatable bonds is 5. The molecule has 0 amide bonds. The molecule has 3 heterocycles. The highest BCUT2D eigenvalue weighted by molar-refractivity contribution is 7.99. The molecule has 1 aromatic heterocycles. The second kappa shape index (κ2) is 6.29. The van der Waals surface area contributed by atoms with Crippen molar-refractivity contribution in [3.05, 3.63) is 18.0 Å². The quantitative estimate of drug-likeness (QED) is 0.897. The SMILES string of the molecule is CCn1nccc1[C@@H]1OCC[C@H]1CN[C@H]1CCSC1. The molecule has 5 heteroatoms. The van der Waals surface area contributed by atoms with E-state index in [4.69, 9.17) is 4.74 Å². The van der Waals surface area contributed by atoms with Crippen molar-refractivity contribution in [1.82, 2.24) is 15.1 Å². The zero-order chi connectivity index (χ0) is 13.1. The Bertz CT molecular complexity index is 403. The molecule has 3 atom stereocenters. The third-order valence-corrected chi connectivity index (χ3v) is 5.32. The number of aromatic nitrogens is 2. The van der Waals surface area contributed by atoms with Gasteiger partial charge in [0.25, 0.3) is 0 Å². The van der Waals surface area contributed by atoms with E-state index < -0.39 is 0 Å². The lowest BCUT2D eigenvalue weighted by Gasteiger charge is -2.21. The van der Waals surface area contributed by atoms with Crippen LogP contribution in [0.25, 0.3) is 0 Å². The normalized spacial score (nSPS) is 31.1. The van der Waals surface area contributed by atoms with E-state index >= 15 is 0 Å². The molecule has 2 fully saturated rings. The van der Waals surface area contributed by atoms with Gasteiger partial charge >= 0.3 is 0 Å². The number of thioether (sulfide) groups is 1. The van der Waals surface area contributed by atoms with E-state index in [1.807, 2.05) is 6.20 Å². The van der Waals surface area contributed by atoms with Crippen LogP contribution in [0.1, 0.15) is 31.6 Å². The van der Waals surface area contributed by atoms with E-state index in [1.165, 1.54) is 23.6 Å². The Morgan fingerprint density at radius 2 is 2.47 bits per heavy atom. The number of nitrogens with one attached hydrogen (secondary N) is 1. The molecule has 106 valence electrons. The van der Waals surface area contributed by atoms with Gasteiger partial charge in [-0.2, -0.15) is 16.9 Å². The van der Waals surface area contributed by atoms with Crippen LogP contribution in [0.15, 0.2) is 12.3 Å². The first-order valence-electron chi connectivity index (χ1n) is 7.33. The first-order valence-corrected chi connectivity index (χ1v) is 8.48. The van der Waals surface area contributed by atoms with E-state index in [1.54, 1.807) is 0 Å². The summed E-state index contributed by atoms with van der Waals surface area (Å²) in [5.74, 6) is 3.17. The van der Waals surface area contributed by atoms with Gasteiger partial charge in [0.15, 0.2) is 0 Å². The molecule has 0 bridgehead atoms. The molecule has 2 aliphatic heterocycles. The van der Waals surface area contributed by atoms with Crippen LogP contribution in [-0.2, 0) is 11.3 Å². The summed E-state index contributed by atoms with van der Waals surface area (Å²) in [7, 11) is 0. The second-order valence-corrected chi connectivity index (χ2v) is 6.53. The average molecular weight is 281 g/mol. The minimum absolute atomic E-state index is 0.226. The smallest absolute Gasteiger partial charge is 0.103 e. The lowest BCUT2D eigenvalue weighted by Crippen LogP contribution is -2.34. The van der Waals surface area contributed by atoms with Crippen molar-refractivity contribution in [2.24, 2.45) is 5.92 Å². The molecular weight excluding hydrogens is 258 g/mol. The third-order valence-electron chi connectivity index (χ3n) is 4.15. The molecule has 0 aromatic carbocycles. The lowest BCUT2D eigenvalue weighted by molar-refractivity contribution is 0.0825. The van der Waals surface area contributed by atoms with E-state index in [0.29, 0.717) is 12.0 Å². The van der Waals surface area contributed by atoms with Crippen LogP contribution in [0.5, 0.6) is 0 Å². The third kappa shape index (κ3) is 2.98. The highest BCUT2D eigenvalue weighted by Crippen LogP contribution is 2.34. The minimum Gasteiger partial charge on any atom is -0.372 e. The van der Waals surface area contributed by atoms with E-state index in [-0.39, 0.29) is 6.10 Å². The van der Waals surface area contributed by atoms with Crippen LogP contribution < -0.4 is 5.32 Å². The maximum absolute atomic E-state index is 5.96. The van der Waals surface area contributed by atoms with Gasteiger partial charge in [0, 0.05) is 43.6 Å². The van der Waals surface area contributed by atoms with Crippen molar-refractivity contribution < 1.29 is 4.74 Å². The Labute approximate surface area is 119 Å². The number of ether oxygens (including phenoxy) is 1. The highest BCUT2D eigenvalue weighted by atomic mass is 32.2. The largest absolute Gasteiger partial charge is 0.372 e. The fraction of sp³-hybridized carbons (Fsp3) is 0.786. The Balaban J connectivity index is 1.61. The first kappa shape index (κ1) is 13.5. The Morgan fingerprint density at radius 1 is 1.53 bits per heavy atom. The number of nitrogens with zero attached hydrogens (tertiary/aromatic N) is 2. The first-order chi connectivity index (χ1) is 9.38. The van der Waals surface area contributed by atoms with Crippen molar-refractivity contribution in [3.63, 3.8) is 0 Å². The molecule has 1 aromatic rings. The predicted octanol–water partition coefficient (Wildman–Crippen LogP) is 2.08. The fourth-order valence-electron chi connectivity index (χ4n) is 3.03. The summed E-state index contributed by atoms with van der Waals surface area (Å²) in [5, 5.41) is 8.09. The van der Waals surface area contributed by atoms with Gasteiger partial charge in [0.05, 0.1) is 5.69 Å². The second-order valence-electron chi connectivity index (χ2n) is 5.38. The summed E-state index contributed by atoms with van der Waals surface area (Å²) in [6.07, 6.45) is 4.59. The summed E-state index contributed by atoms with van der Waals surface area (Å²) in [6.45, 7) is 5.01. The molecule has 3 rings (SSSR count). The molecule has 0 saturated carbocycles. The molecule has 0 unspecified atom stereocenters. The molecule has 2 aliphatic rings. The van der Waals surface area contributed by atoms with E-state index in [0.717, 1.165) is 26.1 Å². The van der Waals surface area contributed by atoms with Crippen LogP contribution in [0.2, 0.25) is 0 Å². The number of aryl methyl sites for hydroxylation is 1. The molecule has 4 nitrogen and oxygen atoms in total. The van der Waals surface area contributed by atoms with Crippen molar-refractivity contribution in [3.8, 4) is 0 Å². The highest BCUT2D eigenvalue weighted by Gasteiger charge is 2.32. The van der Waals surface area contributed by atoms with E-state index in [9.17, 15) is 0 Å². The monoisotopic (exact) mass is 281 g/mol. The van der Waals surface area contributed by atoms with Crippen LogP contribution in [0, 0.1) is 5.92 Å². The molecule has 1 N–H and O–H groups in total. The van der Waals surface area contributed by atoms with Gasteiger partial charge in [0.2, 0.25) is 0 Å². The van der Waals surface area contributed by atoms with Crippen molar-refractivity contribution in [1.29, 1.82) is 0 Å². The standard InChI is InChI=1S/C14H23N3OS/c1-2-17-13(3-6-16-17)14-11(4-7-18-14)9-15-12-5-8-19-10-12/h3,6,11-12,14-15H,2,4-5,7-10H2,1H3/t11-,12-,14+/m0/s1. The number of hydrogen-bond donors (Lipinski definition) is 1. The minimum atomic E-state index is 0.226. The van der Waals surface area contributed by atoms with Crippen molar-refractivity contribution >= 4 is 11.8 Å². The van der Waals surface area contributed by atoms with E-state index in [2.05, 4.69) is 39.8 Å². The Morgan fingerprint density at radius 3 is 3.26 bits per heavy atom. The van der Waals surface area contributed by atoms with Crippen LogP contribution >= 0.6 is 11.8 Å². The maximum Gasteiger partial charge on any atom is 0.103 e. The summed E-state index contributed by atoms with van der Waals surface area (Å²) in [5.41, 5.74) is 1.24. The molecular formula is C14H23N3OS. The topological polar surface area (TPSA) is 39.1 Å². The van der Waals surface area contributed by atoms with Crippen molar-refractivity contribution in [2.75, 3.05) is 24.7 Å². The van der Waals surface area contributed by atoms with Gasteiger partial charge in [-0.25, -0.2) is 0 Å². The zero-order valence-electron chi connectivity index (χ0n) is 11.5. The number of hydrogen-bond acceptors (Lipinski definition) is 4. The molecule has 2 saturated heterocycles. The predicted molar refractivity (Wildman–Crippen MR) is 78.4 cm³/mol. The average Bonchev–Trinajstić information content (AvgIpc) is 3.16.